The third-order valence-electron chi connectivity index (χ3n) is 8.61. The van der Waals surface area contributed by atoms with Crippen molar-refractivity contribution in [3.63, 3.8) is 0 Å². The van der Waals surface area contributed by atoms with Crippen LogP contribution in [0.4, 0.5) is 29.3 Å². The Bertz CT molecular complexity index is 1710. The number of rotatable bonds is 3. The van der Waals surface area contributed by atoms with Crippen molar-refractivity contribution < 1.29 is 27.5 Å². The van der Waals surface area contributed by atoms with E-state index >= 15 is 0 Å². The number of anilines is 2. The summed E-state index contributed by atoms with van der Waals surface area (Å²) in [7, 11) is 0. The van der Waals surface area contributed by atoms with Crippen LogP contribution in [-0.4, -0.2) is 55.8 Å². The Labute approximate surface area is 257 Å². The molecule has 9 nitrogen and oxygen atoms in total. The molecule has 2 saturated heterocycles. The van der Waals surface area contributed by atoms with Gasteiger partial charge in [-0.3, -0.25) is 9.69 Å². The van der Waals surface area contributed by atoms with Gasteiger partial charge in [0, 0.05) is 41.9 Å². The Kier molecular flexibility index (Phi) is 7.11. The lowest BCUT2D eigenvalue weighted by molar-refractivity contribution is -0.138. The maximum atomic E-state index is 13.8. The maximum absolute atomic E-state index is 13.8. The Morgan fingerprint density at radius 3 is 2.41 bits per heavy atom. The largest absolute Gasteiger partial charge is 0.444 e. The van der Waals surface area contributed by atoms with Gasteiger partial charge in [0.15, 0.2) is 10.8 Å². The van der Waals surface area contributed by atoms with Gasteiger partial charge in [-0.2, -0.15) is 18.4 Å². The summed E-state index contributed by atoms with van der Waals surface area (Å²) in [5, 5.41) is 10.2. The van der Waals surface area contributed by atoms with Crippen molar-refractivity contribution >= 4 is 51.6 Å². The number of aromatic nitrogens is 2. The minimum Gasteiger partial charge on any atom is -0.444 e. The zero-order valence-electron chi connectivity index (χ0n) is 24.5. The second kappa shape index (κ2) is 10.5. The number of piperidine rings is 1. The quantitative estimate of drug-likeness (QED) is 0.305. The number of nitriles is 1. The summed E-state index contributed by atoms with van der Waals surface area (Å²) in [6, 6.07) is 10.2. The molecule has 13 heteroatoms. The predicted octanol–water partition coefficient (Wildman–Crippen LogP) is 6.56. The van der Waals surface area contributed by atoms with Crippen molar-refractivity contribution in [1.82, 2.24) is 14.5 Å². The van der Waals surface area contributed by atoms with Crippen LogP contribution >= 0.6 is 12.2 Å². The maximum Gasteiger partial charge on any atom is 0.419 e. The molecule has 0 N–H and O–H groups in total. The van der Waals surface area contributed by atoms with Crippen molar-refractivity contribution in [2.75, 3.05) is 22.9 Å². The number of ether oxygens (including phenoxy) is 1. The van der Waals surface area contributed by atoms with Gasteiger partial charge in [-0.25, -0.2) is 9.78 Å². The molecular weight excluding hydrogens is 593 g/mol. The van der Waals surface area contributed by atoms with Gasteiger partial charge >= 0.3 is 12.3 Å². The van der Waals surface area contributed by atoms with E-state index in [1.54, 1.807) is 9.80 Å². The molecule has 6 rings (SSSR count). The number of likely N-dealkylation sites (tertiary alicyclic amines) is 1. The van der Waals surface area contributed by atoms with Gasteiger partial charge in [0.25, 0.3) is 5.91 Å². The zero-order valence-corrected chi connectivity index (χ0v) is 25.3. The van der Waals surface area contributed by atoms with E-state index < -0.39 is 34.5 Å². The molecule has 230 valence electrons. The van der Waals surface area contributed by atoms with Gasteiger partial charge in [-0.05, 0) is 95.4 Å². The van der Waals surface area contributed by atoms with E-state index in [0.717, 1.165) is 47.3 Å². The fourth-order valence-corrected chi connectivity index (χ4v) is 6.82. The molecule has 44 heavy (non-hydrogen) atoms. The molecule has 1 spiro atoms. The first-order chi connectivity index (χ1) is 20.7. The molecule has 1 aromatic carbocycles. The number of alkyl halides is 3. The van der Waals surface area contributed by atoms with Gasteiger partial charge in [-0.15, -0.1) is 0 Å². The summed E-state index contributed by atoms with van der Waals surface area (Å²) in [4.78, 5) is 34.6. The first-order valence-corrected chi connectivity index (χ1v) is 14.9. The number of fused-ring (bicyclic) bond motifs is 1. The number of benzene rings is 1. The number of nitrogens with zero attached hydrogens (tertiary/aromatic N) is 6. The Hall–Kier alpha value is -4.18. The van der Waals surface area contributed by atoms with E-state index in [-0.39, 0.29) is 22.9 Å². The van der Waals surface area contributed by atoms with Crippen LogP contribution in [0.25, 0.3) is 10.9 Å². The van der Waals surface area contributed by atoms with E-state index in [9.17, 15) is 22.8 Å². The Morgan fingerprint density at radius 2 is 1.82 bits per heavy atom. The summed E-state index contributed by atoms with van der Waals surface area (Å²) in [6.45, 7) is 6.71. The van der Waals surface area contributed by atoms with Crippen LogP contribution in [0.2, 0.25) is 0 Å². The minimum atomic E-state index is -4.82. The average Bonchev–Trinajstić information content (AvgIpc) is 3.46. The van der Waals surface area contributed by atoms with E-state index in [1.807, 2.05) is 51.2 Å². The van der Waals surface area contributed by atoms with Crippen molar-refractivity contribution in [1.29, 1.82) is 5.26 Å². The first kappa shape index (κ1) is 29.9. The average molecular weight is 625 g/mol. The summed E-state index contributed by atoms with van der Waals surface area (Å²) in [5.74, 6) is -0.400. The number of carbonyl (C=O) groups is 2. The monoisotopic (exact) mass is 624 g/mol. The van der Waals surface area contributed by atoms with E-state index in [2.05, 4.69) is 9.55 Å². The van der Waals surface area contributed by atoms with Crippen LogP contribution in [0.5, 0.6) is 0 Å². The molecule has 3 fully saturated rings. The van der Waals surface area contributed by atoms with Crippen LogP contribution in [0.1, 0.15) is 70.2 Å². The summed E-state index contributed by atoms with van der Waals surface area (Å²) in [6.07, 6.45) is 1.31. The number of hydrogen-bond acceptors (Lipinski definition) is 6. The van der Waals surface area contributed by atoms with Gasteiger partial charge < -0.3 is 19.1 Å². The molecule has 0 unspecified atom stereocenters. The van der Waals surface area contributed by atoms with E-state index in [0.29, 0.717) is 31.6 Å². The molecule has 3 aromatic rings. The fourth-order valence-electron chi connectivity index (χ4n) is 6.35. The highest BCUT2D eigenvalue weighted by atomic mass is 32.1. The molecule has 4 heterocycles. The molecule has 1 aliphatic carbocycles. The molecule has 1 saturated carbocycles. The van der Waals surface area contributed by atoms with Gasteiger partial charge in [0.05, 0.1) is 17.4 Å². The highest BCUT2D eigenvalue weighted by molar-refractivity contribution is 7.81. The van der Waals surface area contributed by atoms with Crippen molar-refractivity contribution in [2.24, 2.45) is 0 Å². The minimum absolute atomic E-state index is 0.0719. The lowest BCUT2D eigenvalue weighted by atomic mass is 9.75. The van der Waals surface area contributed by atoms with Crippen LogP contribution in [-0.2, 0) is 15.7 Å². The number of halogens is 3. The number of amides is 2. The topological polar surface area (TPSA) is 94.7 Å². The van der Waals surface area contributed by atoms with Crippen LogP contribution in [0, 0.1) is 11.3 Å². The molecule has 0 atom stereocenters. The van der Waals surface area contributed by atoms with Crippen molar-refractivity contribution in [3.8, 4) is 6.07 Å². The molecule has 2 aromatic heterocycles. The second-order valence-electron chi connectivity index (χ2n) is 12.5. The van der Waals surface area contributed by atoms with Gasteiger partial charge in [-0.1, -0.05) is 0 Å². The van der Waals surface area contributed by atoms with Gasteiger partial charge in [0.2, 0.25) is 0 Å². The van der Waals surface area contributed by atoms with Crippen molar-refractivity contribution in [3.05, 3.63) is 54.0 Å². The number of carbonyl (C=O) groups excluding carboxylic acids is 2. The van der Waals surface area contributed by atoms with E-state index in [1.165, 1.54) is 6.07 Å². The highest BCUT2D eigenvalue weighted by Gasteiger charge is 2.59. The van der Waals surface area contributed by atoms with Gasteiger partial charge in [0.1, 0.15) is 17.2 Å². The SMILES string of the molecule is CC(C)(C)OC(=O)N1CCC(n2ccc3cc(N4C(=S)N(c5cnc(C#N)c(C(F)(F)F)c5)C(=O)C45CCC5)ccc32)CC1. The lowest BCUT2D eigenvalue weighted by Gasteiger charge is -2.43. The Morgan fingerprint density at radius 1 is 1.11 bits per heavy atom. The predicted molar refractivity (Wildman–Crippen MR) is 161 cm³/mol. The molecule has 0 radical (unpaired) electrons. The molecular formula is C31H31F3N6O3S. The van der Waals surface area contributed by atoms with E-state index in [4.69, 9.17) is 22.2 Å². The summed E-state index contributed by atoms with van der Waals surface area (Å²) in [5.41, 5.74) is -1.98. The van der Waals surface area contributed by atoms with Crippen molar-refractivity contribution in [2.45, 2.75) is 76.2 Å². The molecule has 3 aliphatic rings. The smallest absolute Gasteiger partial charge is 0.419 e. The molecule has 2 aliphatic heterocycles. The normalized spacial score (nSPS) is 19.1. The van der Waals surface area contributed by atoms with Crippen LogP contribution in [0.3, 0.4) is 0 Å². The summed E-state index contributed by atoms with van der Waals surface area (Å²) < 4.78 is 48.8. The molecule has 2 amide bonds. The number of hydrogen-bond donors (Lipinski definition) is 0. The lowest BCUT2D eigenvalue weighted by Crippen LogP contribution is -2.55. The Balaban J connectivity index is 1.27. The molecule has 0 bridgehead atoms. The first-order valence-electron chi connectivity index (χ1n) is 14.5. The highest BCUT2D eigenvalue weighted by Crippen LogP contribution is 2.48. The fraction of sp³-hybridized carbons (Fsp3) is 0.452. The van der Waals surface area contributed by atoms with Crippen LogP contribution in [0.15, 0.2) is 42.7 Å². The number of thiocarbonyl (C=S) groups is 1. The standard InChI is InChI=1S/C31H31F3N6O3S/c1-29(2,3)43-28(42)37-12-8-20(9-13-37)38-14-7-19-15-21(5-6-25(19)38)40-27(44)39(26(41)30(40)10-4-11-30)22-16-23(31(32,33)34)24(17-35)36-18-22/h5-7,14-16,18,20H,4,8-13H2,1-3H3. The third-order valence-corrected chi connectivity index (χ3v) is 8.97. The van der Waals surface area contributed by atoms with Crippen LogP contribution < -0.4 is 9.80 Å². The summed E-state index contributed by atoms with van der Waals surface area (Å²) >= 11 is 5.75. The second-order valence-corrected chi connectivity index (χ2v) is 12.9. The number of pyridine rings is 1. The zero-order chi connectivity index (χ0) is 31.6. The third kappa shape index (κ3) is 4.95.